The smallest absolute Gasteiger partial charge is 0.410 e. The highest BCUT2D eigenvalue weighted by Crippen LogP contribution is 2.21. The highest BCUT2D eigenvalue weighted by atomic mass is 16.6. The number of benzene rings is 1. The summed E-state index contributed by atoms with van der Waals surface area (Å²) in [5.41, 5.74) is 0.998. The summed E-state index contributed by atoms with van der Waals surface area (Å²) in [7, 11) is 1.58. The highest BCUT2D eigenvalue weighted by Gasteiger charge is 2.24. The van der Waals surface area contributed by atoms with Crippen molar-refractivity contribution in [3.63, 3.8) is 0 Å². The standard InChI is InChI=1S/C19H24N4O3/c1-25-18-17(20-9-10-21-18)22-13-15-7-11-23(12-8-15)19(24)26-14-16-5-3-2-4-6-16/h2-6,9-10,15H,7-8,11-14H2,1H3,(H,20,22). The van der Waals surface area contributed by atoms with Crippen molar-refractivity contribution in [2.75, 3.05) is 32.1 Å². The molecule has 0 radical (unpaired) electrons. The number of nitrogens with one attached hydrogen (secondary N) is 1. The molecule has 26 heavy (non-hydrogen) atoms. The average molecular weight is 356 g/mol. The van der Waals surface area contributed by atoms with E-state index in [1.54, 1.807) is 24.4 Å². The van der Waals surface area contributed by atoms with Crippen LogP contribution in [0.5, 0.6) is 5.88 Å². The zero-order chi connectivity index (χ0) is 18.2. The van der Waals surface area contributed by atoms with Crippen LogP contribution in [-0.2, 0) is 11.3 Å². The van der Waals surface area contributed by atoms with Crippen LogP contribution in [0.4, 0.5) is 10.6 Å². The van der Waals surface area contributed by atoms with E-state index in [0.717, 1.165) is 24.9 Å². The second-order valence-corrected chi connectivity index (χ2v) is 6.27. The van der Waals surface area contributed by atoms with Gasteiger partial charge in [0.1, 0.15) is 6.61 Å². The van der Waals surface area contributed by atoms with Gasteiger partial charge in [-0.15, -0.1) is 0 Å². The average Bonchev–Trinajstić information content (AvgIpc) is 2.72. The lowest BCUT2D eigenvalue weighted by Gasteiger charge is -2.31. The van der Waals surface area contributed by atoms with Crippen LogP contribution < -0.4 is 10.1 Å². The lowest BCUT2D eigenvalue weighted by molar-refractivity contribution is 0.0832. The molecule has 0 spiro atoms. The topological polar surface area (TPSA) is 76.6 Å². The van der Waals surface area contributed by atoms with Gasteiger partial charge < -0.3 is 19.7 Å². The molecule has 1 saturated heterocycles. The van der Waals surface area contributed by atoms with Crippen molar-refractivity contribution in [2.45, 2.75) is 19.4 Å². The quantitative estimate of drug-likeness (QED) is 0.857. The molecule has 1 aromatic carbocycles. The van der Waals surface area contributed by atoms with Gasteiger partial charge in [0.05, 0.1) is 7.11 Å². The number of methoxy groups -OCH3 is 1. The first-order valence-electron chi connectivity index (χ1n) is 8.80. The zero-order valence-corrected chi connectivity index (χ0v) is 14.9. The first-order valence-corrected chi connectivity index (χ1v) is 8.80. The van der Waals surface area contributed by atoms with Crippen molar-refractivity contribution >= 4 is 11.9 Å². The van der Waals surface area contributed by atoms with Crippen LogP contribution in [0.25, 0.3) is 0 Å². The van der Waals surface area contributed by atoms with Gasteiger partial charge in [-0.3, -0.25) is 0 Å². The second kappa shape index (κ2) is 9.03. The van der Waals surface area contributed by atoms with Crippen molar-refractivity contribution in [3.8, 4) is 5.88 Å². The summed E-state index contributed by atoms with van der Waals surface area (Å²) in [6.07, 6.45) is 4.85. The summed E-state index contributed by atoms with van der Waals surface area (Å²) in [6.45, 7) is 2.50. The summed E-state index contributed by atoms with van der Waals surface area (Å²) >= 11 is 0. The number of ether oxygens (including phenoxy) is 2. The Morgan fingerprint density at radius 2 is 1.92 bits per heavy atom. The van der Waals surface area contributed by atoms with E-state index in [-0.39, 0.29) is 6.09 Å². The molecule has 7 heteroatoms. The van der Waals surface area contributed by atoms with Gasteiger partial charge in [-0.05, 0) is 24.3 Å². The molecule has 1 aliphatic rings. The molecule has 2 heterocycles. The fourth-order valence-corrected chi connectivity index (χ4v) is 2.97. The molecule has 0 aliphatic carbocycles. The largest absolute Gasteiger partial charge is 0.478 e. The number of hydrogen-bond acceptors (Lipinski definition) is 6. The van der Waals surface area contributed by atoms with E-state index in [9.17, 15) is 4.79 Å². The lowest BCUT2D eigenvalue weighted by Crippen LogP contribution is -2.40. The Labute approximate surface area is 153 Å². The molecule has 1 aliphatic heterocycles. The van der Waals surface area contributed by atoms with Gasteiger partial charge in [0.25, 0.3) is 5.88 Å². The minimum Gasteiger partial charge on any atom is -0.478 e. The summed E-state index contributed by atoms with van der Waals surface area (Å²) < 4.78 is 10.6. The van der Waals surface area contributed by atoms with Crippen LogP contribution in [0, 0.1) is 5.92 Å². The van der Waals surface area contributed by atoms with E-state index in [4.69, 9.17) is 9.47 Å². The minimum atomic E-state index is -0.240. The maximum absolute atomic E-state index is 12.2. The Kier molecular flexibility index (Phi) is 6.24. The second-order valence-electron chi connectivity index (χ2n) is 6.27. The predicted molar refractivity (Wildman–Crippen MR) is 98.0 cm³/mol. The van der Waals surface area contributed by atoms with Crippen LogP contribution in [0.2, 0.25) is 0 Å². The van der Waals surface area contributed by atoms with E-state index < -0.39 is 0 Å². The third-order valence-corrected chi connectivity index (χ3v) is 4.49. The SMILES string of the molecule is COc1nccnc1NCC1CCN(C(=O)OCc2ccccc2)CC1. The molecule has 1 N–H and O–H groups in total. The van der Waals surface area contributed by atoms with Gasteiger partial charge in [-0.25, -0.2) is 14.8 Å². The van der Waals surface area contributed by atoms with Gasteiger partial charge >= 0.3 is 6.09 Å². The van der Waals surface area contributed by atoms with Crippen molar-refractivity contribution < 1.29 is 14.3 Å². The normalized spacial score (nSPS) is 14.7. The molecule has 0 bridgehead atoms. The summed E-state index contributed by atoms with van der Waals surface area (Å²) in [4.78, 5) is 22.3. The monoisotopic (exact) mass is 356 g/mol. The Hall–Kier alpha value is -2.83. The van der Waals surface area contributed by atoms with Crippen LogP contribution in [-0.4, -0.2) is 47.7 Å². The molecular weight excluding hydrogens is 332 g/mol. The number of carbonyl (C=O) groups is 1. The van der Waals surface area contributed by atoms with Gasteiger partial charge in [0, 0.05) is 32.0 Å². The van der Waals surface area contributed by atoms with E-state index in [1.165, 1.54) is 0 Å². The van der Waals surface area contributed by atoms with Crippen molar-refractivity contribution in [3.05, 3.63) is 48.3 Å². The van der Waals surface area contributed by atoms with Crippen molar-refractivity contribution in [1.29, 1.82) is 0 Å². The van der Waals surface area contributed by atoms with Gasteiger partial charge in [-0.2, -0.15) is 0 Å². The van der Waals surface area contributed by atoms with Crippen molar-refractivity contribution in [1.82, 2.24) is 14.9 Å². The number of piperidine rings is 1. The molecule has 1 fully saturated rings. The molecule has 138 valence electrons. The minimum absolute atomic E-state index is 0.240. The molecule has 1 aromatic heterocycles. The molecular formula is C19H24N4O3. The van der Waals surface area contributed by atoms with Crippen LogP contribution in [0.1, 0.15) is 18.4 Å². The lowest BCUT2D eigenvalue weighted by atomic mass is 9.97. The van der Waals surface area contributed by atoms with E-state index >= 15 is 0 Å². The fraction of sp³-hybridized carbons (Fsp3) is 0.421. The number of nitrogens with zero attached hydrogens (tertiary/aromatic N) is 3. The Morgan fingerprint density at radius 1 is 1.19 bits per heavy atom. The number of carbonyl (C=O) groups excluding carboxylic acids is 1. The Balaban J connectivity index is 1.40. The number of aromatic nitrogens is 2. The van der Waals surface area contributed by atoms with Crippen LogP contribution in [0.3, 0.4) is 0 Å². The third kappa shape index (κ3) is 4.84. The summed E-state index contributed by atoms with van der Waals surface area (Å²) in [5, 5.41) is 3.29. The predicted octanol–water partition coefficient (Wildman–Crippen LogP) is 2.95. The van der Waals surface area contributed by atoms with Gasteiger partial charge in [-0.1, -0.05) is 30.3 Å². The fourth-order valence-electron chi connectivity index (χ4n) is 2.97. The number of anilines is 1. The van der Waals surface area contributed by atoms with Crippen LogP contribution >= 0.6 is 0 Å². The highest BCUT2D eigenvalue weighted by molar-refractivity contribution is 5.67. The van der Waals surface area contributed by atoms with E-state index in [2.05, 4.69) is 15.3 Å². The van der Waals surface area contributed by atoms with Gasteiger partial charge in [0.2, 0.25) is 0 Å². The summed E-state index contributed by atoms with van der Waals surface area (Å²) in [6, 6.07) is 9.72. The number of rotatable bonds is 6. The van der Waals surface area contributed by atoms with Crippen LogP contribution in [0.15, 0.2) is 42.7 Å². The molecule has 2 aromatic rings. The number of likely N-dealkylation sites (tertiary alicyclic amines) is 1. The third-order valence-electron chi connectivity index (χ3n) is 4.49. The molecule has 0 saturated carbocycles. The number of hydrogen-bond donors (Lipinski definition) is 1. The molecule has 1 amide bonds. The molecule has 0 unspecified atom stereocenters. The van der Waals surface area contributed by atoms with Gasteiger partial charge in [0.15, 0.2) is 5.82 Å². The van der Waals surface area contributed by atoms with E-state index in [0.29, 0.717) is 37.3 Å². The number of amides is 1. The van der Waals surface area contributed by atoms with E-state index in [1.807, 2.05) is 30.3 Å². The van der Waals surface area contributed by atoms with Crippen molar-refractivity contribution in [2.24, 2.45) is 5.92 Å². The molecule has 7 nitrogen and oxygen atoms in total. The Morgan fingerprint density at radius 3 is 2.65 bits per heavy atom. The maximum Gasteiger partial charge on any atom is 0.410 e. The zero-order valence-electron chi connectivity index (χ0n) is 14.9. The molecule has 0 atom stereocenters. The Bertz CT molecular complexity index is 703. The maximum atomic E-state index is 12.2. The first-order chi connectivity index (χ1) is 12.8. The first kappa shape index (κ1) is 18.0. The summed E-state index contributed by atoms with van der Waals surface area (Å²) in [5.74, 6) is 1.62. The molecule has 3 rings (SSSR count).